The third kappa shape index (κ3) is 3.79. The lowest BCUT2D eigenvalue weighted by molar-refractivity contribution is 0.0977. The van der Waals surface area contributed by atoms with Crippen LogP contribution in [0.3, 0.4) is 0 Å². The van der Waals surface area contributed by atoms with Crippen molar-refractivity contribution >= 4 is 83.2 Å². The molecule has 0 aliphatic heterocycles. The Morgan fingerprint density at radius 3 is 2.44 bits per heavy atom. The highest BCUT2D eigenvalue weighted by Gasteiger charge is 2.14. The Hall–Kier alpha value is -2.14. The monoisotopic (exact) mass is 434 g/mol. The van der Waals surface area contributed by atoms with Crippen molar-refractivity contribution in [1.82, 2.24) is 15.3 Å². The van der Waals surface area contributed by atoms with Crippen molar-refractivity contribution in [2.75, 3.05) is 11.6 Å². The summed E-state index contributed by atoms with van der Waals surface area (Å²) in [6.45, 7) is 0. The Kier molecular flexibility index (Phi) is 5.04. The van der Waals surface area contributed by atoms with Crippen LogP contribution in [0.1, 0.15) is 10.4 Å². The first-order valence-corrected chi connectivity index (χ1v) is 10.9. The van der Waals surface area contributed by atoms with Crippen molar-refractivity contribution in [3.8, 4) is 0 Å². The zero-order chi connectivity index (χ0) is 19.0. The second kappa shape index (κ2) is 7.47. The predicted molar refractivity (Wildman–Crippen MR) is 115 cm³/mol. The molecule has 136 valence electrons. The molecule has 0 radical (unpaired) electrons. The van der Waals surface area contributed by atoms with Crippen LogP contribution in [0.5, 0.6) is 0 Å². The standard InChI is InChI=1S/C17H11FN4OS4/c1-25-17-20-11-7-6-10-12(13(11)27-17)26-16(19-10)22-15(24)21-14(23)8-2-4-9(18)5-3-8/h2-7H,1H3,(H2,19,21,22,23,24). The third-order valence-electron chi connectivity index (χ3n) is 3.62. The minimum absolute atomic E-state index is 0.133. The molecule has 0 saturated heterocycles. The number of thiocarbonyl (C=S) groups is 1. The van der Waals surface area contributed by atoms with E-state index in [2.05, 4.69) is 20.6 Å². The molecule has 27 heavy (non-hydrogen) atoms. The van der Waals surface area contributed by atoms with Gasteiger partial charge >= 0.3 is 0 Å². The number of halogens is 1. The van der Waals surface area contributed by atoms with E-state index in [9.17, 15) is 9.18 Å². The summed E-state index contributed by atoms with van der Waals surface area (Å²) in [6, 6.07) is 9.11. The Balaban J connectivity index is 1.53. The molecule has 5 nitrogen and oxygen atoms in total. The van der Waals surface area contributed by atoms with Gasteiger partial charge in [0.2, 0.25) is 0 Å². The molecule has 0 spiro atoms. The van der Waals surface area contributed by atoms with Gasteiger partial charge in [0, 0.05) is 5.56 Å². The minimum Gasteiger partial charge on any atom is -0.308 e. The second-order valence-corrected chi connectivity index (χ2v) is 8.84. The molecule has 0 unspecified atom stereocenters. The number of rotatable bonds is 3. The quantitative estimate of drug-likeness (QED) is 0.353. The van der Waals surface area contributed by atoms with Crippen LogP contribution in [0.15, 0.2) is 40.7 Å². The van der Waals surface area contributed by atoms with Crippen molar-refractivity contribution in [2.24, 2.45) is 0 Å². The molecule has 2 N–H and O–H groups in total. The van der Waals surface area contributed by atoms with Crippen molar-refractivity contribution in [2.45, 2.75) is 4.34 Å². The SMILES string of the molecule is CSc1nc2ccc3nc(NC(=S)NC(=O)c4ccc(F)cc4)sc3c2s1. The van der Waals surface area contributed by atoms with Gasteiger partial charge in [0.1, 0.15) is 5.82 Å². The van der Waals surface area contributed by atoms with Crippen molar-refractivity contribution in [3.63, 3.8) is 0 Å². The Labute approximate surface area is 171 Å². The average molecular weight is 435 g/mol. The number of hydrogen-bond acceptors (Lipinski definition) is 7. The number of anilines is 1. The number of aromatic nitrogens is 2. The first-order chi connectivity index (χ1) is 13.0. The van der Waals surface area contributed by atoms with E-state index in [1.54, 1.807) is 23.1 Å². The summed E-state index contributed by atoms with van der Waals surface area (Å²) in [5.74, 6) is -0.816. The number of thiazole rings is 2. The number of benzene rings is 2. The van der Waals surface area contributed by atoms with Gasteiger partial charge in [0.25, 0.3) is 5.91 Å². The van der Waals surface area contributed by atoms with Gasteiger partial charge < -0.3 is 5.32 Å². The van der Waals surface area contributed by atoms with Crippen molar-refractivity contribution in [1.29, 1.82) is 0 Å². The van der Waals surface area contributed by atoms with Crippen LogP contribution in [0.25, 0.3) is 20.4 Å². The molecule has 0 aliphatic rings. The lowest BCUT2D eigenvalue weighted by Gasteiger charge is -2.06. The van der Waals surface area contributed by atoms with Gasteiger partial charge in [-0.2, -0.15) is 0 Å². The fourth-order valence-corrected chi connectivity index (χ4v) is 5.32. The minimum atomic E-state index is -0.414. The average Bonchev–Trinajstić information content (AvgIpc) is 3.24. The van der Waals surface area contributed by atoms with Gasteiger partial charge in [0.05, 0.1) is 20.4 Å². The first kappa shape index (κ1) is 18.2. The largest absolute Gasteiger partial charge is 0.308 e. The highest BCUT2D eigenvalue weighted by atomic mass is 32.2. The number of carbonyl (C=O) groups is 1. The van der Waals surface area contributed by atoms with Gasteiger partial charge in [0.15, 0.2) is 14.6 Å². The topological polar surface area (TPSA) is 66.9 Å². The summed E-state index contributed by atoms with van der Waals surface area (Å²) in [4.78, 5) is 21.2. The maximum Gasteiger partial charge on any atom is 0.257 e. The number of amides is 1. The molecular formula is C17H11FN4OS4. The summed E-state index contributed by atoms with van der Waals surface area (Å²) in [5, 5.41) is 6.23. The molecule has 0 aliphatic carbocycles. The van der Waals surface area contributed by atoms with Gasteiger partial charge in [-0.1, -0.05) is 23.1 Å². The second-order valence-electron chi connectivity index (χ2n) is 5.38. The van der Waals surface area contributed by atoms with E-state index in [0.29, 0.717) is 10.7 Å². The zero-order valence-electron chi connectivity index (χ0n) is 13.8. The zero-order valence-corrected chi connectivity index (χ0v) is 17.0. The molecule has 2 aromatic carbocycles. The van der Waals surface area contributed by atoms with Crippen LogP contribution in [0.4, 0.5) is 9.52 Å². The highest BCUT2D eigenvalue weighted by molar-refractivity contribution is 8.00. The van der Waals surface area contributed by atoms with Crippen LogP contribution in [-0.4, -0.2) is 27.2 Å². The van der Waals surface area contributed by atoms with Gasteiger partial charge in [-0.3, -0.25) is 10.1 Å². The Bertz CT molecular complexity index is 1170. The number of thioether (sulfide) groups is 1. The van der Waals surface area contributed by atoms with Crippen LogP contribution in [0.2, 0.25) is 0 Å². The van der Waals surface area contributed by atoms with Crippen LogP contribution in [0, 0.1) is 5.82 Å². The number of fused-ring (bicyclic) bond motifs is 3. The summed E-state index contributed by atoms with van der Waals surface area (Å²) < 4.78 is 16.1. The number of nitrogens with one attached hydrogen (secondary N) is 2. The van der Waals surface area contributed by atoms with Gasteiger partial charge in [-0.25, -0.2) is 14.4 Å². The lowest BCUT2D eigenvalue weighted by Crippen LogP contribution is -2.34. The molecule has 4 rings (SSSR count). The Morgan fingerprint density at radius 2 is 1.74 bits per heavy atom. The summed E-state index contributed by atoms with van der Waals surface area (Å²) >= 11 is 9.89. The number of nitrogens with zero attached hydrogens (tertiary/aromatic N) is 2. The van der Waals surface area contributed by atoms with E-state index in [1.807, 2.05) is 18.4 Å². The molecule has 0 fully saturated rings. The summed E-state index contributed by atoms with van der Waals surface area (Å²) in [7, 11) is 0. The van der Waals surface area contributed by atoms with Crippen molar-refractivity contribution < 1.29 is 9.18 Å². The maximum absolute atomic E-state index is 13.0. The third-order valence-corrected chi connectivity index (χ3v) is 7.03. The summed E-state index contributed by atoms with van der Waals surface area (Å²) in [5.41, 5.74) is 2.11. The fourth-order valence-electron chi connectivity index (χ4n) is 2.40. The predicted octanol–water partition coefficient (Wildman–Crippen LogP) is 4.89. The molecule has 4 aromatic rings. The van der Waals surface area contributed by atoms with E-state index >= 15 is 0 Å². The van der Waals surface area contributed by atoms with Crippen LogP contribution < -0.4 is 10.6 Å². The molecule has 0 atom stereocenters. The number of hydrogen-bond donors (Lipinski definition) is 2. The van der Waals surface area contributed by atoms with Crippen LogP contribution in [-0.2, 0) is 0 Å². The molecule has 2 aromatic heterocycles. The van der Waals surface area contributed by atoms with E-state index < -0.39 is 11.7 Å². The first-order valence-electron chi connectivity index (χ1n) is 7.65. The molecule has 0 saturated carbocycles. The van der Waals surface area contributed by atoms with Gasteiger partial charge in [-0.05, 0) is 54.9 Å². The van der Waals surface area contributed by atoms with Crippen molar-refractivity contribution in [3.05, 3.63) is 47.8 Å². The maximum atomic E-state index is 13.0. The smallest absolute Gasteiger partial charge is 0.257 e. The fraction of sp³-hybridized carbons (Fsp3) is 0.0588. The van der Waals surface area contributed by atoms with E-state index in [1.165, 1.54) is 35.6 Å². The summed E-state index contributed by atoms with van der Waals surface area (Å²) in [6.07, 6.45) is 2.00. The lowest BCUT2D eigenvalue weighted by atomic mass is 10.2. The normalized spacial score (nSPS) is 11.0. The van der Waals surface area contributed by atoms with E-state index in [4.69, 9.17) is 12.2 Å². The number of carbonyl (C=O) groups excluding carboxylic acids is 1. The molecule has 1 amide bonds. The molecule has 10 heteroatoms. The van der Waals surface area contributed by atoms with E-state index in [0.717, 1.165) is 24.8 Å². The highest BCUT2D eigenvalue weighted by Crippen LogP contribution is 2.37. The molecular weight excluding hydrogens is 423 g/mol. The van der Waals surface area contributed by atoms with E-state index in [-0.39, 0.29) is 5.11 Å². The van der Waals surface area contributed by atoms with Crippen LogP contribution >= 0.6 is 46.7 Å². The Morgan fingerprint density at radius 1 is 1.07 bits per heavy atom. The molecule has 2 heterocycles. The van der Waals surface area contributed by atoms with Gasteiger partial charge in [-0.15, -0.1) is 11.3 Å². The molecule has 0 bridgehead atoms.